The third-order valence-corrected chi connectivity index (χ3v) is 3.66. The molecule has 1 aromatic carbocycles. The molecule has 3 N–H and O–H groups in total. The van der Waals surface area contributed by atoms with E-state index in [9.17, 15) is 0 Å². The highest BCUT2D eigenvalue weighted by atomic mass is 32.1. The molecule has 0 radical (unpaired) electrons. The summed E-state index contributed by atoms with van der Waals surface area (Å²) in [5.74, 6) is 0.913. The molecule has 0 saturated carbocycles. The van der Waals surface area contributed by atoms with Gasteiger partial charge in [0.2, 0.25) is 0 Å². The predicted molar refractivity (Wildman–Crippen MR) is 78.4 cm³/mol. The molecule has 0 saturated heterocycles. The van der Waals surface area contributed by atoms with Crippen molar-refractivity contribution >= 4 is 22.7 Å². The Bertz CT molecular complexity index is 522. The number of nitrogens with one attached hydrogen (secondary N) is 1. The van der Waals surface area contributed by atoms with Crippen molar-refractivity contribution in [2.45, 2.75) is 20.4 Å². The number of rotatable bonds is 5. The maximum atomic E-state index is 5.86. The van der Waals surface area contributed by atoms with Crippen LogP contribution in [0.4, 0.5) is 11.4 Å². The lowest BCUT2D eigenvalue weighted by molar-refractivity contribution is 0.340. The van der Waals surface area contributed by atoms with Crippen molar-refractivity contribution in [1.29, 1.82) is 0 Å². The average Bonchev–Trinajstić information content (AvgIpc) is 2.74. The van der Waals surface area contributed by atoms with Gasteiger partial charge >= 0.3 is 0 Å². The highest BCUT2D eigenvalue weighted by Crippen LogP contribution is 2.24. The largest absolute Gasteiger partial charge is 0.494 e. The standard InChI is InChI=1S/C14H18N2OS/c1-3-17-11-4-5-13(10(2)8-11)16-9-14-12(15)6-7-18-14/h4-8,16H,3,9,15H2,1-2H3. The third kappa shape index (κ3) is 2.96. The lowest BCUT2D eigenvalue weighted by atomic mass is 10.2. The van der Waals surface area contributed by atoms with Crippen molar-refractivity contribution < 1.29 is 4.74 Å². The summed E-state index contributed by atoms with van der Waals surface area (Å²) in [5, 5.41) is 5.41. The molecule has 0 aliphatic carbocycles. The van der Waals surface area contributed by atoms with Crippen LogP contribution < -0.4 is 15.8 Å². The Morgan fingerprint density at radius 3 is 2.78 bits per heavy atom. The van der Waals surface area contributed by atoms with Crippen molar-refractivity contribution in [3.8, 4) is 5.75 Å². The molecule has 0 aliphatic heterocycles. The number of nitrogens with two attached hydrogens (primary N) is 1. The summed E-state index contributed by atoms with van der Waals surface area (Å²) in [4.78, 5) is 1.17. The van der Waals surface area contributed by atoms with E-state index in [1.165, 1.54) is 10.4 Å². The number of ether oxygens (including phenoxy) is 1. The molecular formula is C14H18N2OS. The maximum Gasteiger partial charge on any atom is 0.119 e. The van der Waals surface area contributed by atoms with Gasteiger partial charge in [0.25, 0.3) is 0 Å². The Morgan fingerprint density at radius 1 is 1.33 bits per heavy atom. The zero-order chi connectivity index (χ0) is 13.0. The smallest absolute Gasteiger partial charge is 0.119 e. The molecule has 1 heterocycles. The lowest BCUT2D eigenvalue weighted by Crippen LogP contribution is -2.02. The summed E-state index contributed by atoms with van der Waals surface area (Å²) in [6.07, 6.45) is 0. The fraction of sp³-hybridized carbons (Fsp3) is 0.286. The van der Waals surface area contributed by atoms with Crippen LogP contribution in [0.5, 0.6) is 5.75 Å². The molecule has 0 fully saturated rings. The molecule has 0 amide bonds. The summed E-state index contributed by atoms with van der Waals surface area (Å²) in [6.45, 7) is 5.51. The molecule has 1 aromatic heterocycles. The minimum atomic E-state index is 0.692. The van der Waals surface area contributed by atoms with E-state index < -0.39 is 0 Å². The van der Waals surface area contributed by atoms with E-state index in [1.54, 1.807) is 11.3 Å². The molecule has 2 rings (SSSR count). The van der Waals surface area contributed by atoms with Gasteiger partial charge in [0.1, 0.15) is 5.75 Å². The van der Waals surface area contributed by atoms with E-state index in [4.69, 9.17) is 10.5 Å². The predicted octanol–water partition coefficient (Wildman–Crippen LogP) is 3.65. The second kappa shape index (κ2) is 5.78. The Morgan fingerprint density at radius 2 is 2.17 bits per heavy atom. The molecule has 0 atom stereocenters. The van der Waals surface area contributed by atoms with Crippen LogP contribution in [0, 0.1) is 6.92 Å². The molecule has 0 spiro atoms. The van der Waals surface area contributed by atoms with E-state index in [2.05, 4.69) is 12.2 Å². The van der Waals surface area contributed by atoms with Crippen molar-refractivity contribution in [1.82, 2.24) is 0 Å². The summed E-state index contributed by atoms with van der Waals surface area (Å²) in [6, 6.07) is 8.01. The van der Waals surface area contributed by atoms with E-state index >= 15 is 0 Å². The van der Waals surface area contributed by atoms with Gasteiger partial charge in [-0.25, -0.2) is 0 Å². The Labute approximate surface area is 112 Å². The molecule has 0 unspecified atom stereocenters. The van der Waals surface area contributed by atoms with Crippen LogP contribution in [-0.2, 0) is 6.54 Å². The molecule has 18 heavy (non-hydrogen) atoms. The highest BCUT2D eigenvalue weighted by Gasteiger charge is 2.03. The van der Waals surface area contributed by atoms with Gasteiger partial charge in [-0.1, -0.05) is 0 Å². The summed E-state index contributed by atoms with van der Waals surface area (Å²) < 4.78 is 5.47. The zero-order valence-electron chi connectivity index (χ0n) is 10.7. The van der Waals surface area contributed by atoms with Gasteiger partial charge in [0, 0.05) is 16.3 Å². The number of benzene rings is 1. The molecular weight excluding hydrogens is 244 g/mol. The Hall–Kier alpha value is -1.68. The minimum absolute atomic E-state index is 0.692. The van der Waals surface area contributed by atoms with Gasteiger partial charge in [-0.2, -0.15) is 0 Å². The Balaban J connectivity index is 2.03. The van der Waals surface area contributed by atoms with Crippen LogP contribution in [-0.4, -0.2) is 6.61 Å². The first-order chi connectivity index (χ1) is 8.70. The number of aryl methyl sites for hydroxylation is 1. The topological polar surface area (TPSA) is 47.3 Å². The number of anilines is 2. The van der Waals surface area contributed by atoms with Gasteiger partial charge in [-0.15, -0.1) is 11.3 Å². The number of hydrogen-bond donors (Lipinski definition) is 2. The van der Waals surface area contributed by atoms with Gasteiger partial charge in [-0.3, -0.25) is 0 Å². The molecule has 0 aliphatic rings. The van der Waals surface area contributed by atoms with Gasteiger partial charge in [0.15, 0.2) is 0 Å². The lowest BCUT2D eigenvalue weighted by Gasteiger charge is -2.11. The molecule has 3 nitrogen and oxygen atoms in total. The molecule has 4 heteroatoms. The SMILES string of the molecule is CCOc1ccc(NCc2sccc2N)c(C)c1. The summed E-state index contributed by atoms with van der Waals surface area (Å²) in [5.41, 5.74) is 9.01. The van der Waals surface area contributed by atoms with Gasteiger partial charge in [-0.05, 0) is 49.1 Å². The normalized spacial score (nSPS) is 10.3. The van der Waals surface area contributed by atoms with Crippen LogP contribution in [0.15, 0.2) is 29.6 Å². The van der Waals surface area contributed by atoms with E-state index in [1.807, 2.05) is 36.6 Å². The van der Waals surface area contributed by atoms with Crippen LogP contribution >= 0.6 is 11.3 Å². The van der Waals surface area contributed by atoms with Crippen molar-refractivity contribution in [3.05, 3.63) is 40.1 Å². The first kappa shape index (κ1) is 12.8. The fourth-order valence-electron chi connectivity index (χ4n) is 1.76. The molecule has 96 valence electrons. The van der Waals surface area contributed by atoms with E-state index in [0.717, 1.165) is 23.7 Å². The number of hydrogen-bond acceptors (Lipinski definition) is 4. The summed E-state index contributed by atoms with van der Waals surface area (Å²) in [7, 11) is 0. The first-order valence-corrected chi connectivity index (χ1v) is 6.88. The van der Waals surface area contributed by atoms with Crippen LogP contribution in [0.25, 0.3) is 0 Å². The van der Waals surface area contributed by atoms with Gasteiger partial charge < -0.3 is 15.8 Å². The molecule has 2 aromatic rings. The quantitative estimate of drug-likeness (QED) is 0.864. The Kier molecular flexibility index (Phi) is 4.10. The van der Waals surface area contributed by atoms with Crippen LogP contribution in [0.1, 0.15) is 17.4 Å². The van der Waals surface area contributed by atoms with E-state index in [0.29, 0.717) is 6.61 Å². The van der Waals surface area contributed by atoms with Crippen molar-refractivity contribution in [2.75, 3.05) is 17.7 Å². The minimum Gasteiger partial charge on any atom is -0.494 e. The third-order valence-electron chi connectivity index (χ3n) is 2.73. The second-order valence-electron chi connectivity index (χ2n) is 4.06. The average molecular weight is 262 g/mol. The van der Waals surface area contributed by atoms with Crippen molar-refractivity contribution in [2.24, 2.45) is 0 Å². The van der Waals surface area contributed by atoms with Gasteiger partial charge in [0.05, 0.1) is 13.2 Å². The maximum absolute atomic E-state index is 5.86. The first-order valence-electron chi connectivity index (χ1n) is 6.00. The second-order valence-corrected chi connectivity index (χ2v) is 5.06. The van der Waals surface area contributed by atoms with Crippen LogP contribution in [0.3, 0.4) is 0 Å². The summed E-state index contributed by atoms with van der Waals surface area (Å²) >= 11 is 1.67. The highest BCUT2D eigenvalue weighted by molar-refractivity contribution is 7.10. The monoisotopic (exact) mass is 262 g/mol. The van der Waals surface area contributed by atoms with Crippen molar-refractivity contribution in [3.63, 3.8) is 0 Å². The number of nitrogen functional groups attached to an aromatic ring is 1. The van der Waals surface area contributed by atoms with E-state index in [-0.39, 0.29) is 0 Å². The molecule has 0 bridgehead atoms. The number of thiophene rings is 1. The van der Waals surface area contributed by atoms with Crippen LogP contribution in [0.2, 0.25) is 0 Å². The zero-order valence-corrected chi connectivity index (χ0v) is 11.5. The fourth-order valence-corrected chi connectivity index (χ4v) is 2.50.